The van der Waals surface area contributed by atoms with Gasteiger partial charge < -0.3 is 10.4 Å². The van der Waals surface area contributed by atoms with Crippen molar-refractivity contribution in [3.63, 3.8) is 0 Å². The van der Waals surface area contributed by atoms with Crippen LogP contribution >= 0.6 is 0 Å². The molecule has 1 fully saturated rings. The van der Waals surface area contributed by atoms with E-state index in [9.17, 15) is 10.4 Å². The Balaban J connectivity index is 1.92. The fourth-order valence-electron chi connectivity index (χ4n) is 2.27. The number of hydrogen-bond donors (Lipinski definition) is 2. The molecule has 2 N–H and O–H groups in total. The number of nitrogens with zero attached hydrogens (tertiary/aromatic N) is 2. The van der Waals surface area contributed by atoms with E-state index in [2.05, 4.69) is 16.4 Å². The van der Waals surface area contributed by atoms with Crippen LogP contribution in [0.25, 0.3) is 10.9 Å². The van der Waals surface area contributed by atoms with Gasteiger partial charge in [-0.15, -0.1) is 0 Å². The maximum absolute atomic E-state index is 9.92. The number of fused-ring (bicyclic) bond motifs is 1. The number of aliphatic hydroxyl groups excluding tert-OH is 1. The minimum atomic E-state index is -0.335. The van der Waals surface area contributed by atoms with Crippen molar-refractivity contribution in [3.05, 3.63) is 36.0 Å². The molecular formula is C15H15N3O. The van der Waals surface area contributed by atoms with E-state index >= 15 is 0 Å². The molecule has 1 atom stereocenters. The number of aliphatic hydroxyl groups is 1. The van der Waals surface area contributed by atoms with E-state index < -0.39 is 0 Å². The highest BCUT2D eigenvalue weighted by atomic mass is 16.3. The van der Waals surface area contributed by atoms with Gasteiger partial charge in [0.15, 0.2) is 0 Å². The van der Waals surface area contributed by atoms with Gasteiger partial charge in [0.25, 0.3) is 0 Å². The van der Waals surface area contributed by atoms with Crippen molar-refractivity contribution in [2.75, 3.05) is 11.9 Å². The second-order valence-corrected chi connectivity index (χ2v) is 4.96. The molecule has 1 aromatic heterocycles. The van der Waals surface area contributed by atoms with Crippen molar-refractivity contribution in [3.8, 4) is 6.07 Å². The van der Waals surface area contributed by atoms with E-state index in [4.69, 9.17) is 0 Å². The molecule has 1 unspecified atom stereocenters. The number of para-hydroxylation sites is 1. The Morgan fingerprint density at radius 1 is 1.42 bits per heavy atom. The number of pyridine rings is 1. The minimum absolute atomic E-state index is 0.335. The number of hydrogen-bond acceptors (Lipinski definition) is 4. The first-order chi connectivity index (χ1) is 9.29. The van der Waals surface area contributed by atoms with Crippen LogP contribution in [-0.4, -0.2) is 22.7 Å². The largest absolute Gasteiger partial charge is 0.391 e. The van der Waals surface area contributed by atoms with Gasteiger partial charge in [-0.2, -0.15) is 5.26 Å². The third-order valence-corrected chi connectivity index (χ3v) is 3.55. The Kier molecular flexibility index (Phi) is 3.06. The molecule has 0 bridgehead atoms. The zero-order valence-electron chi connectivity index (χ0n) is 10.5. The van der Waals surface area contributed by atoms with Gasteiger partial charge in [-0.3, -0.25) is 4.98 Å². The van der Waals surface area contributed by atoms with Crippen LogP contribution in [0.1, 0.15) is 18.4 Å². The molecule has 1 aromatic carbocycles. The Morgan fingerprint density at radius 2 is 2.21 bits per heavy atom. The van der Waals surface area contributed by atoms with E-state index in [-0.39, 0.29) is 6.10 Å². The van der Waals surface area contributed by atoms with Crippen LogP contribution in [0, 0.1) is 17.2 Å². The van der Waals surface area contributed by atoms with E-state index in [1.54, 1.807) is 6.20 Å². The first-order valence-corrected chi connectivity index (χ1v) is 6.49. The minimum Gasteiger partial charge on any atom is -0.391 e. The quantitative estimate of drug-likeness (QED) is 0.877. The summed E-state index contributed by atoms with van der Waals surface area (Å²) in [4.78, 5) is 4.26. The maximum Gasteiger partial charge on any atom is 0.103 e. The average molecular weight is 253 g/mol. The van der Waals surface area contributed by atoms with Gasteiger partial charge in [0.2, 0.25) is 0 Å². The van der Waals surface area contributed by atoms with Crippen LogP contribution in [0.5, 0.6) is 0 Å². The molecule has 0 spiro atoms. The van der Waals surface area contributed by atoms with Gasteiger partial charge in [-0.05, 0) is 24.8 Å². The molecule has 96 valence electrons. The standard InChI is InChI=1S/C15H15N3O/c16-7-11-8-17-13-4-2-1-3-12(13)15(11)18-9-14(19)10-5-6-10/h1-4,8,10,14,19H,5-6,9H2,(H,17,18). The predicted molar refractivity (Wildman–Crippen MR) is 73.7 cm³/mol. The molecule has 0 aliphatic heterocycles. The Bertz CT molecular complexity index is 643. The second kappa shape index (κ2) is 4.87. The van der Waals surface area contributed by atoms with Crippen LogP contribution in [0.15, 0.2) is 30.5 Å². The van der Waals surface area contributed by atoms with Crippen molar-refractivity contribution in [1.82, 2.24) is 4.98 Å². The molecule has 1 aliphatic carbocycles. The van der Waals surface area contributed by atoms with Crippen LogP contribution in [0.3, 0.4) is 0 Å². The molecule has 4 nitrogen and oxygen atoms in total. The molecule has 1 heterocycles. The van der Waals surface area contributed by atoms with Crippen molar-refractivity contribution in [2.45, 2.75) is 18.9 Å². The molecule has 1 aliphatic rings. The first-order valence-electron chi connectivity index (χ1n) is 6.49. The molecule has 19 heavy (non-hydrogen) atoms. The fraction of sp³-hybridized carbons (Fsp3) is 0.333. The summed E-state index contributed by atoms with van der Waals surface area (Å²) in [5, 5.41) is 23.2. The first kappa shape index (κ1) is 11.9. The van der Waals surface area contributed by atoms with Crippen molar-refractivity contribution in [2.24, 2.45) is 5.92 Å². The molecule has 0 amide bonds. The van der Waals surface area contributed by atoms with Crippen LogP contribution in [-0.2, 0) is 0 Å². The summed E-state index contributed by atoms with van der Waals surface area (Å²) in [6.07, 6.45) is 3.45. The third kappa shape index (κ3) is 2.38. The Hall–Kier alpha value is -2.12. The monoisotopic (exact) mass is 253 g/mol. The molecule has 1 saturated carbocycles. The topological polar surface area (TPSA) is 68.9 Å². The molecule has 4 heteroatoms. The second-order valence-electron chi connectivity index (χ2n) is 4.96. The highest BCUT2D eigenvalue weighted by Crippen LogP contribution is 2.33. The van der Waals surface area contributed by atoms with E-state index in [0.717, 1.165) is 29.4 Å². The predicted octanol–water partition coefficient (Wildman–Crippen LogP) is 2.29. The maximum atomic E-state index is 9.92. The number of benzene rings is 1. The highest BCUT2D eigenvalue weighted by Gasteiger charge is 2.29. The van der Waals surface area contributed by atoms with Gasteiger partial charge in [0.1, 0.15) is 6.07 Å². The number of aromatic nitrogens is 1. The number of nitriles is 1. The van der Waals surface area contributed by atoms with E-state index in [1.807, 2.05) is 24.3 Å². The lowest BCUT2D eigenvalue weighted by atomic mass is 10.1. The van der Waals surface area contributed by atoms with Gasteiger partial charge in [0.05, 0.1) is 22.9 Å². The lowest BCUT2D eigenvalue weighted by Gasteiger charge is -2.14. The number of anilines is 1. The van der Waals surface area contributed by atoms with Crippen LogP contribution in [0.2, 0.25) is 0 Å². The summed E-state index contributed by atoms with van der Waals surface area (Å²) >= 11 is 0. The van der Waals surface area contributed by atoms with Gasteiger partial charge in [-0.1, -0.05) is 18.2 Å². The summed E-state index contributed by atoms with van der Waals surface area (Å²) in [6.45, 7) is 0.480. The van der Waals surface area contributed by atoms with E-state index in [1.165, 1.54) is 0 Å². The lowest BCUT2D eigenvalue weighted by molar-refractivity contribution is 0.164. The smallest absolute Gasteiger partial charge is 0.103 e. The van der Waals surface area contributed by atoms with Crippen LogP contribution < -0.4 is 5.32 Å². The van der Waals surface area contributed by atoms with Gasteiger partial charge in [0, 0.05) is 18.1 Å². The van der Waals surface area contributed by atoms with Crippen molar-refractivity contribution < 1.29 is 5.11 Å². The lowest BCUT2D eigenvalue weighted by Crippen LogP contribution is -2.21. The third-order valence-electron chi connectivity index (χ3n) is 3.55. The molecular weight excluding hydrogens is 238 g/mol. The summed E-state index contributed by atoms with van der Waals surface area (Å²) in [5.41, 5.74) is 2.14. The van der Waals surface area contributed by atoms with Gasteiger partial charge >= 0.3 is 0 Å². The summed E-state index contributed by atoms with van der Waals surface area (Å²) in [7, 11) is 0. The summed E-state index contributed by atoms with van der Waals surface area (Å²) in [5.74, 6) is 0.422. The van der Waals surface area contributed by atoms with E-state index in [0.29, 0.717) is 18.0 Å². The molecule has 0 radical (unpaired) electrons. The Morgan fingerprint density at radius 3 is 2.95 bits per heavy atom. The summed E-state index contributed by atoms with van der Waals surface area (Å²) < 4.78 is 0. The molecule has 2 aromatic rings. The normalized spacial score (nSPS) is 16.0. The molecule has 0 saturated heterocycles. The zero-order chi connectivity index (χ0) is 13.2. The Labute approximate surface area is 111 Å². The van der Waals surface area contributed by atoms with Crippen molar-refractivity contribution in [1.29, 1.82) is 5.26 Å². The van der Waals surface area contributed by atoms with Gasteiger partial charge in [-0.25, -0.2) is 0 Å². The number of nitrogens with one attached hydrogen (secondary N) is 1. The van der Waals surface area contributed by atoms with Crippen LogP contribution in [0.4, 0.5) is 5.69 Å². The SMILES string of the molecule is N#Cc1cnc2ccccc2c1NCC(O)C1CC1. The number of rotatable bonds is 4. The average Bonchev–Trinajstić information content (AvgIpc) is 3.28. The zero-order valence-corrected chi connectivity index (χ0v) is 10.5. The fourth-order valence-corrected chi connectivity index (χ4v) is 2.27. The molecule has 3 rings (SSSR count). The summed E-state index contributed by atoms with van der Waals surface area (Å²) in [6, 6.07) is 9.85. The van der Waals surface area contributed by atoms with Crippen molar-refractivity contribution >= 4 is 16.6 Å². The highest BCUT2D eigenvalue weighted by molar-refractivity contribution is 5.93.